The van der Waals surface area contributed by atoms with E-state index in [2.05, 4.69) is 16.0 Å². The molecule has 0 saturated heterocycles. The Bertz CT molecular complexity index is 1260. The molecule has 0 fully saturated rings. The summed E-state index contributed by atoms with van der Waals surface area (Å²) in [5.74, 6) is 0.424. The highest BCUT2D eigenvalue weighted by molar-refractivity contribution is 7.80. The Morgan fingerprint density at radius 1 is 1.00 bits per heavy atom. The molecule has 0 bridgehead atoms. The summed E-state index contributed by atoms with van der Waals surface area (Å²) in [6, 6.07) is 13.5. The third kappa shape index (κ3) is 7.33. The van der Waals surface area contributed by atoms with Crippen LogP contribution in [0.2, 0.25) is 15.1 Å². The molecule has 3 N–H and O–H groups in total. The number of hydrogen-bond donors (Lipinski definition) is 3. The van der Waals surface area contributed by atoms with Gasteiger partial charge in [0.05, 0.1) is 15.7 Å². The lowest BCUT2D eigenvalue weighted by Crippen LogP contribution is -2.32. The van der Waals surface area contributed by atoms with Gasteiger partial charge < -0.3 is 15.1 Å². The van der Waals surface area contributed by atoms with E-state index in [0.717, 1.165) is 6.42 Å². The Labute approximate surface area is 217 Å². The molecule has 2 amide bonds. The molecule has 2 aromatic carbocycles. The van der Waals surface area contributed by atoms with Crippen LogP contribution in [-0.2, 0) is 9.59 Å². The average Bonchev–Trinajstić information content (AvgIpc) is 3.23. The van der Waals surface area contributed by atoms with Gasteiger partial charge in [0.2, 0.25) is 11.8 Å². The van der Waals surface area contributed by atoms with E-state index in [-0.39, 0.29) is 11.0 Å². The van der Waals surface area contributed by atoms with Crippen LogP contribution in [0.4, 0.5) is 11.4 Å². The van der Waals surface area contributed by atoms with Crippen molar-refractivity contribution >= 4 is 81.4 Å². The Morgan fingerprint density at radius 3 is 2.53 bits per heavy atom. The first-order chi connectivity index (χ1) is 16.2. The van der Waals surface area contributed by atoms with Crippen molar-refractivity contribution in [2.45, 2.75) is 19.8 Å². The number of nitrogens with one attached hydrogen (secondary N) is 3. The molecule has 34 heavy (non-hydrogen) atoms. The second-order valence-electron chi connectivity index (χ2n) is 7.10. The Kier molecular flexibility index (Phi) is 9.12. The number of carbonyl (C=O) groups excluding carboxylic acids is 2. The fourth-order valence-electron chi connectivity index (χ4n) is 2.89. The van der Waals surface area contributed by atoms with Gasteiger partial charge in [0.25, 0.3) is 0 Å². The minimum absolute atomic E-state index is 0.0432. The Balaban J connectivity index is 1.59. The molecule has 0 aliphatic carbocycles. The summed E-state index contributed by atoms with van der Waals surface area (Å²) in [5.41, 5.74) is 1.69. The van der Waals surface area contributed by atoms with Crippen molar-refractivity contribution in [2.24, 2.45) is 0 Å². The van der Waals surface area contributed by atoms with Crippen molar-refractivity contribution in [3.05, 3.63) is 75.4 Å². The molecule has 1 heterocycles. The molecular formula is C24H20Cl3N3O3S. The van der Waals surface area contributed by atoms with Crippen molar-refractivity contribution < 1.29 is 14.0 Å². The van der Waals surface area contributed by atoms with E-state index in [1.807, 2.05) is 6.92 Å². The zero-order valence-corrected chi connectivity index (χ0v) is 21.0. The smallest absolute Gasteiger partial charge is 0.250 e. The quantitative estimate of drug-likeness (QED) is 0.220. The molecule has 0 radical (unpaired) electrons. The monoisotopic (exact) mass is 535 g/mol. The Morgan fingerprint density at radius 2 is 1.79 bits per heavy atom. The van der Waals surface area contributed by atoms with Crippen LogP contribution in [0.5, 0.6) is 0 Å². The van der Waals surface area contributed by atoms with Gasteiger partial charge in [-0.3, -0.25) is 14.9 Å². The number of hydrogen-bond acceptors (Lipinski definition) is 4. The van der Waals surface area contributed by atoms with Crippen molar-refractivity contribution in [3.8, 4) is 11.3 Å². The summed E-state index contributed by atoms with van der Waals surface area (Å²) in [6.45, 7) is 1.92. The van der Waals surface area contributed by atoms with Crippen molar-refractivity contribution in [1.82, 2.24) is 5.32 Å². The maximum atomic E-state index is 12.3. The summed E-state index contributed by atoms with van der Waals surface area (Å²) in [6.07, 6.45) is 3.93. The second-order valence-corrected chi connectivity index (χ2v) is 8.75. The van der Waals surface area contributed by atoms with Crippen LogP contribution in [0, 0.1) is 0 Å². The normalized spacial score (nSPS) is 10.8. The van der Waals surface area contributed by atoms with E-state index in [4.69, 9.17) is 51.4 Å². The standard InChI is InChI=1S/C24H20Cl3N3O3S/c1-2-3-22(31)28-15-5-9-18(26)20(13-15)29-24(34)30-23(32)11-7-16-6-10-21(33-16)17-8-4-14(25)12-19(17)27/h4-13H,2-3H2,1H3,(H,28,31)(H2,29,30,32,34)/b11-7+. The number of furan rings is 1. The van der Waals surface area contributed by atoms with Gasteiger partial charge in [0.15, 0.2) is 5.11 Å². The molecule has 10 heteroatoms. The van der Waals surface area contributed by atoms with Gasteiger partial charge in [0, 0.05) is 28.8 Å². The topological polar surface area (TPSA) is 83.4 Å². The number of thiocarbonyl (C=S) groups is 1. The molecule has 1 aromatic heterocycles. The summed E-state index contributed by atoms with van der Waals surface area (Å²) >= 11 is 23.5. The van der Waals surface area contributed by atoms with Crippen LogP contribution in [0.1, 0.15) is 25.5 Å². The van der Waals surface area contributed by atoms with E-state index in [1.165, 1.54) is 12.2 Å². The van der Waals surface area contributed by atoms with Gasteiger partial charge in [-0.15, -0.1) is 0 Å². The Hall–Kier alpha value is -2.84. The molecule has 176 valence electrons. The fourth-order valence-corrected chi connectivity index (χ4v) is 3.77. The minimum atomic E-state index is -0.469. The van der Waals surface area contributed by atoms with Gasteiger partial charge in [-0.2, -0.15) is 0 Å². The molecule has 0 unspecified atom stereocenters. The molecule has 0 aliphatic heterocycles. The van der Waals surface area contributed by atoms with Crippen molar-refractivity contribution in [3.63, 3.8) is 0 Å². The molecule has 3 aromatic rings. The van der Waals surface area contributed by atoms with Crippen molar-refractivity contribution in [2.75, 3.05) is 10.6 Å². The molecule has 0 aliphatic rings. The first-order valence-corrected chi connectivity index (χ1v) is 11.7. The lowest BCUT2D eigenvalue weighted by atomic mass is 10.2. The van der Waals surface area contributed by atoms with Crippen LogP contribution >= 0.6 is 47.0 Å². The summed E-state index contributed by atoms with van der Waals surface area (Å²) in [7, 11) is 0. The fraction of sp³-hybridized carbons (Fsp3) is 0.125. The molecular weight excluding hydrogens is 517 g/mol. The maximum Gasteiger partial charge on any atom is 0.250 e. The van der Waals surface area contributed by atoms with Crippen LogP contribution in [0.25, 0.3) is 17.4 Å². The van der Waals surface area contributed by atoms with Crippen LogP contribution in [0.15, 0.2) is 59.0 Å². The number of benzene rings is 2. The van der Waals surface area contributed by atoms with Gasteiger partial charge >= 0.3 is 0 Å². The van der Waals surface area contributed by atoms with E-state index in [1.54, 1.807) is 48.5 Å². The third-order valence-electron chi connectivity index (χ3n) is 4.43. The van der Waals surface area contributed by atoms with E-state index < -0.39 is 5.91 Å². The second kappa shape index (κ2) is 12.0. The first kappa shape index (κ1) is 25.8. The van der Waals surface area contributed by atoms with Crippen LogP contribution < -0.4 is 16.0 Å². The van der Waals surface area contributed by atoms with Crippen molar-refractivity contribution in [1.29, 1.82) is 0 Å². The van der Waals surface area contributed by atoms with Crippen LogP contribution in [-0.4, -0.2) is 16.9 Å². The van der Waals surface area contributed by atoms with Gasteiger partial charge in [-0.05, 0) is 73.2 Å². The first-order valence-electron chi connectivity index (χ1n) is 10.2. The van der Waals surface area contributed by atoms with Gasteiger partial charge in [-0.1, -0.05) is 41.7 Å². The SMILES string of the molecule is CCCC(=O)Nc1ccc(Cl)c(NC(=S)NC(=O)/C=C/c2ccc(-c3ccc(Cl)cc3Cl)o2)c1. The third-order valence-corrected chi connectivity index (χ3v) is 5.52. The van der Waals surface area contributed by atoms with Gasteiger partial charge in [-0.25, -0.2) is 0 Å². The zero-order valence-electron chi connectivity index (χ0n) is 18.0. The van der Waals surface area contributed by atoms with Crippen LogP contribution in [0.3, 0.4) is 0 Å². The average molecular weight is 537 g/mol. The minimum Gasteiger partial charge on any atom is -0.457 e. The maximum absolute atomic E-state index is 12.3. The molecule has 0 spiro atoms. The molecule has 0 atom stereocenters. The summed E-state index contributed by atoms with van der Waals surface area (Å²) < 4.78 is 5.72. The highest BCUT2D eigenvalue weighted by atomic mass is 35.5. The molecule has 0 saturated carbocycles. The lowest BCUT2D eigenvalue weighted by Gasteiger charge is -2.12. The van der Waals surface area contributed by atoms with E-state index in [0.29, 0.717) is 49.9 Å². The number of anilines is 2. The number of carbonyl (C=O) groups is 2. The van der Waals surface area contributed by atoms with E-state index in [9.17, 15) is 9.59 Å². The number of rotatable bonds is 7. The molecule has 3 rings (SSSR count). The highest BCUT2D eigenvalue weighted by Crippen LogP contribution is 2.31. The lowest BCUT2D eigenvalue weighted by molar-refractivity contribution is -0.116. The van der Waals surface area contributed by atoms with Gasteiger partial charge in [0.1, 0.15) is 11.5 Å². The predicted molar refractivity (Wildman–Crippen MR) is 143 cm³/mol. The molecule has 6 nitrogen and oxygen atoms in total. The predicted octanol–water partition coefficient (Wildman–Crippen LogP) is 7.17. The number of halogens is 3. The largest absolute Gasteiger partial charge is 0.457 e. The highest BCUT2D eigenvalue weighted by Gasteiger charge is 2.10. The van der Waals surface area contributed by atoms with E-state index >= 15 is 0 Å². The zero-order chi connectivity index (χ0) is 24.7. The summed E-state index contributed by atoms with van der Waals surface area (Å²) in [4.78, 5) is 24.1. The summed E-state index contributed by atoms with van der Waals surface area (Å²) in [5, 5.41) is 9.57. The number of amides is 2.